The molecule has 5 rings (SSSR count). The van der Waals surface area contributed by atoms with E-state index in [1.807, 2.05) is 0 Å². The second-order valence-corrected chi connectivity index (χ2v) is 10.5. The number of hydrogen-bond donors (Lipinski definition) is 2. The van der Waals surface area contributed by atoms with Gasteiger partial charge in [-0.1, -0.05) is 32.1 Å². The highest BCUT2D eigenvalue weighted by molar-refractivity contribution is 5.90. The molecule has 4 heteroatoms. The van der Waals surface area contributed by atoms with Crippen LogP contribution >= 0.6 is 0 Å². The second-order valence-electron chi connectivity index (χ2n) is 10.5. The normalized spacial score (nSPS) is 54.2. The van der Waals surface area contributed by atoms with E-state index in [4.69, 9.17) is 4.74 Å². The van der Waals surface area contributed by atoms with Crippen molar-refractivity contribution in [3.63, 3.8) is 0 Å². The zero-order valence-electron chi connectivity index (χ0n) is 16.5. The third-order valence-electron chi connectivity index (χ3n) is 9.30. The first-order valence-corrected chi connectivity index (χ1v) is 10.7. The van der Waals surface area contributed by atoms with Gasteiger partial charge in [-0.05, 0) is 68.1 Å². The molecule has 27 heavy (non-hydrogen) atoms. The van der Waals surface area contributed by atoms with Crippen LogP contribution in [0.5, 0.6) is 0 Å². The molecular weight excluding hydrogens is 340 g/mol. The Kier molecular flexibility index (Phi) is 3.64. The highest BCUT2D eigenvalue weighted by Gasteiger charge is 2.68. The first-order chi connectivity index (χ1) is 12.7. The van der Waals surface area contributed by atoms with Crippen LogP contribution < -0.4 is 0 Å². The van der Waals surface area contributed by atoms with Crippen LogP contribution in [0.3, 0.4) is 0 Å². The standard InChI is InChI=1S/C23H32O4/c1-13-11-23(27-19(13)25)12-18-16-5-4-14-10-15(24)6-8-21(14,2)17(16)7-9-22(18,3)20(23)26/h4,15-18,20,24,26H,1,5-12H2,2-3H3/t15-,16+,17-,18-,20+,21-,22-,23-/m0/s1. The molecule has 0 bridgehead atoms. The molecule has 0 unspecified atom stereocenters. The van der Waals surface area contributed by atoms with Crippen molar-refractivity contribution in [3.8, 4) is 0 Å². The van der Waals surface area contributed by atoms with Gasteiger partial charge in [0.2, 0.25) is 0 Å². The van der Waals surface area contributed by atoms with Gasteiger partial charge < -0.3 is 14.9 Å². The molecule has 4 fully saturated rings. The van der Waals surface area contributed by atoms with Crippen LogP contribution in [0.15, 0.2) is 23.8 Å². The molecule has 0 aromatic carbocycles. The molecule has 0 aromatic rings. The van der Waals surface area contributed by atoms with E-state index in [0.29, 0.717) is 29.7 Å². The van der Waals surface area contributed by atoms with Gasteiger partial charge in [-0.3, -0.25) is 0 Å². The molecule has 1 spiro atoms. The van der Waals surface area contributed by atoms with E-state index in [2.05, 4.69) is 26.5 Å². The van der Waals surface area contributed by atoms with Gasteiger partial charge in [0.15, 0.2) is 0 Å². The fourth-order valence-corrected chi connectivity index (χ4v) is 7.79. The van der Waals surface area contributed by atoms with Gasteiger partial charge in [-0.2, -0.15) is 0 Å². The van der Waals surface area contributed by atoms with E-state index in [0.717, 1.165) is 44.9 Å². The largest absolute Gasteiger partial charge is 0.453 e. The Morgan fingerprint density at radius 2 is 1.96 bits per heavy atom. The number of fused-ring (bicyclic) bond motifs is 5. The number of hydrogen-bond acceptors (Lipinski definition) is 4. The van der Waals surface area contributed by atoms with Crippen molar-refractivity contribution >= 4 is 5.97 Å². The van der Waals surface area contributed by atoms with Gasteiger partial charge in [0.1, 0.15) is 5.60 Å². The minimum atomic E-state index is -0.754. The maximum Gasteiger partial charge on any atom is 0.334 e. The summed E-state index contributed by atoms with van der Waals surface area (Å²) in [6.45, 7) is 8.49. The number of carbonyl (C=O) groups excluding carboxylic acids is 1. The van der Waals surface area contributed by atoms with Crippen molar-refractivity contribution in [1.29, 1.82) is 0 Å². The first kappa shape index (κ1) is 17.9. The summed E-state index contributed by atoms with van der Waals surface area (Å²) in [5.41, 5.74) is 1.20. The van der Waals surface area contributed by atoms with E-state index in [-0.39, 0.29) is 22.9 Å². The second kappa shape index (κ2) is 5.48. The zero-order valence-corrected chi connectivity index (χ0v) is 16.5. The van der Waals surface area contributed by atoms with Crippen LogP contribution in [-0.2, 0) is 9.53 Å². The minimum absolute atomic E-state index is 0.181. The molecule has 0 radical (unpaired) electrons. The molecule has 3 saturated carbocycles. The number of esters is 1. The van der Waals surface area contributed by atoms with Gasteiger partial charge in [-0.15, -0.1) is 0 Å². The summed E-state index contributed by atoms with van der Waals surface area (Å²) in [7, 11) is 0. The molecule has 4 nitrogen and oxygen atoms in total. The number of ether oxygens (including phenoxy) is 1. The van der Waals surface area contributed by atoms with Crippen molar-refractivity contribution < 1.29 is 19.7 Å². The van der Waals surface area contributed by atoms with Crippen LogP contribution in [-0.4, -0.2) is 34.0 Å². The quantitative estimate of drug-likeness (QED) is 0.388. The fourth-order valence-electron chi connectivity index (χ4n) is 7.79. The number of aliphatic hydroxyl groups is 2. The third-order valence-corrected chi connectivity index (χ3v) is 9.30. The molecule has 4 aliphatic carbocycles. The Bertz CT molecular complexity index is 723. The van der Waals surface area contributed by atoms with Crippen LogP contribution in [0.2, 0.25) is 0 Å². The predicted octanol–water partition coefficient (Wildman–Crippen LogP) is 3.52. The van der Waals surface area contributed by atoms with Crippen LogP contribution in [0.25, 0.3) is 0 Å². The molecule has 5 aliphatic rings. The van der Waals surface area contributed by atoms with E-state index in [9.17, 15) is 15.0 Å². The molecule has 0 aromatic heterocycles. The molecule has 1 saturated heterocycles. The maximum absolute atomic E-state index is 12.1. The summed E-state index contributed by atoms with van der Waals surface area (Å²) in [5.74, 6) is 1.17. The zero-order chi connectivity index (χ0) is 19.2. The lowest BCUT2D eigenvalue weighted by Crippen LogP contribution is -2.52. The van der Waals surface area contributed by atoms with E-state index in [1.165, 1.54) is 5.57 Å². The molecule has 148 valence electrons. The van der Waals surface area contributed by atoms with Crippen molar-refractivity contribution in [2.75, 3.05) is 0 Å². The van der Waals surface area contributed by atoms with Gasteiger partial charge in [0, 0.05) is 17.4 Å². The molecule has 2 N–H and O–H groups in total. The summed E-state index contributed by atoms with van der Waals surface area (Å²) in [4.78, 5) is 12.1. The lowest BCUT2D eigenvalue weighted by Gasteiger charge is -2.57. The predicted molar refractivity (Wildman–Crippen MR) is 102 cm³/mol. The van der Waals surface area contributed by atoms with Crippen molar-refractivity contribution in [1.82, 2.24) is 0 Å². The SMILES string of the molecule is C=C1C[C@@]2(C[C@H]3[C@@H]4CC=C5C[C@@H](O)CC[C@]5(C)[C@H]4CC[C@]3(C)[C@H]2O)OC1=O. The van der Waals surface area contributed by atoms with E-state index >= 15 is 0 Å². The average molecular weight is 373 g/mol. The molecular formula is C23H32O4. The summed E-state index contributed by atoms with van der Waals surface area (Å²) >= 11 is 0. The topological polar surface area (TPSA) is 66.8 Å². The summed E-state index contributed by atoms with van der Waals surface area (Å²) < 4.78 is 5.78. The highest BCUT2D eigenvalue weighted by atomic mass is 16.6. The van der Waals surface area contributed by atoms with Crippen LogP contribution in [0.1, 0.15) is 65.2 Å². The number of allylic oxidation sites excluding steroid dienone is 1. The number of rotatable bonds is 0. The Hall–Kier alpha value is -1.13. The van der Waals surface area contributed by atoms with E-state index in [1.54, 1.807) is 0 Å². The van der Waals surface area contributed by atoms with Crippen molar-refractivity contribution in [2.24, 2.45) is 28.6 Å². The summed E-state index contributed by atoms with van der Waals surface area (Å²) in [6, 6.07) is 0. The van der Waals surface area contributed by atoms with Gasteiger partial charge >= 0.3 is 5.97 Å². The monoisotopic (exact) mass is 372 g/mol. The Morgan fingerprint density at radius 1 is 1.19 bits per heavy atom. The van der Waals surface area contributed by atoms with Crippen molar-refractivity contribution in [2.45, 2.75) is 83.0 Å². The lowest BCUT2D eigenvalue weighted by atomic mass is 9.48. The Balaban J connectivity index is 1.50. The maximum atomic E-state index is 12.1. The molecule has 8 atom stereocenters. The minimum Gasteiger partial charge on any atom is -0.453 e. The van der Waals surface area contributed by atoms with Gasteiger partial charge in [-0.25, -0.2) is 4.79 Å². The number of aliphatic hydroxyl groups excluding tert-OH is 2. The summed E-state index contributed by atoms with van der Waals surface area (Å²) in [5, 5.41) is 21.5. The fraction of sp³-hybridized carbons (Fsp3) is 0.783. The molecule has 1 heterocycles. The Labute approximate surface area is 161 Å². The van der Waals surface area contributed by atoms with Gasteiger partial charge in [0.05, 0.1) is 12.2 Å². The van der Waals surface area contributed by atoms with Crippen LogP contribution in [0.4, 0.5) is 0 Å². The van der Waals surface area contributed by atoms with Crippen molar-refractivity contribution in [3.05, 3.63) is 23.8 Å². The number of carbonyl (C=O) groups is 1. The summed E-state index contributed by atoms with van der Waals surface area (Å²) in [6.07, 6.45) is 8.74. The highest BCUT2D eigenvalue weighted by Crippen LogP contribution is 2.68. The lowest BCUT2D eigenvalue weighted by molar-refractivity contribution is -0.159. The molecule has 0 amide bonds. The molecule has 1 aliphatic heterocycles. The smallest absolute Gasteiger partial charge is 0.334 e. The third kappa shape index (κ3) is 2.20. The van der Waals surface area contributed by atoms with Crippen LogP contribution in [0, 0.1) is 28.6 Å². The Morgan fingerprint density at radius 3 is 2.67 bits per heavy atom. The first-order valence-electron chi connectivity index (χ1n) is 10.7. The van der Waals surface area contributed by atoms with E-state index < -0.39 is 11.7 Å². The average Bonchev–Trinajstić information content (AvgIpc) is 3.03. The van der Waals surface area contributed by atoms with Gasteiger partial charge in [0.25, 0.3) is 0 Å².